The maximum Gasteiger partial charge on any atom is 0.238 e. The Morgan fingerprint density at radius 2 is 2.05 bits per heavy atom. The van der Waals surface area contributed by atoms with E-state index in [1.807, 2.05) is 33.9 Å². The minimum atomic E-state index is -0.288. The molecule has 2 aromatic heterocycles. The zero-order valence-corrected chi connectivity index (χ0v) is 12.8. The molecule has 114 valence electrons. The van der Waals surface area contributed by atoms with Crippen LogP contribution in [0.5, 0.6) is 0 Å². The van der Waals surface area contributed by atoms with E-state index in [-0.39, 0.29) is 17.9 Å². The molecule has 0 saturated carbocycles. The van der Waals surface area contributed by atoms with E-state index in [0.717, 1.165) is 5.69 Å². The van der Waals surface area contributed by atoms with E-state index in [1.165, 1.54) is 0 Å². The molecule has 0 saturated heterocycles. The fraction of sp³-hybridized carbons (Fsp3) is 0.571. The molecule has 0 fully saturated rings. The predicted octanol–water partition coefficient (Wildman–Crippen LogP) is 1.74. The number of aryl methyl sites for hydroxylation is 2. The quantitative estimate of drug-likeness (QED) is 0.876. The van der Waals surface area contributed by atoms with E-state index in [9.17, 15) is 4.79 Å². The molecule has 1 amide bonds. The fourth-order valence-corrected chi connectivity index (χ4v) is 1.92. The molecular formula is C14H21N5O2. The van der Waals surface area contributed by atoms with Crippen LogP contribution in [0.2, 0.25) is 0 Å². The third-order valence-electron chi connectivity index (χ3n) is 3.23. The lowest BCUT2D eigenvalue weighted by Gasteiger charge is -2.10. The van der Waals surface area contributed by atoms with Crippen molar-refractivity contribution in [1.29, 1.82) is 0 Å². The zero-order valence-electron chi connectivity index (χ0n) is 12.8. The highest BCUT2D eigenvalue weighted by Gasteiger charge is 2.17. The van der Waals surface area contributed by atoms with Crippen molar-refractivity contribution in [2.24, 2.45) is 7.05 Å². The van der Waals surface area contributed by atoms with Crippen LogP contribution in [0, 0.1) is 0 Å². The van der Waals surface area contributed by atoms with E-state index in [1.54, 1.807) is 10.9 Å². The summed E-state index contributed by atoms with van der Waals surface area (Å²) >= 11 is 0. The lowest BCUT2D eigenvalue weighted by Crippen LogP contribution is -2.27. The van der Waals surface area contributed by atoms with E-state index < -0.39 is 0 Å². The molecule has 0 unspecified atom stereocenters. The number of hydrogen-bond donors (Lipinski definition) is 1. The molecule has 0 aromatic carbocycles. The third kappa shape index (κ3) is 3.90. The third-order valence-corrected chi connectivity index (χ3v) is 3.23. The molecule has 21 heavy (non-hydrogen) atoms. The summed E-state index contributed by atoms with van der Waals surface area (Å²) in [5.41, 5.74) is 1.03. The van der Waals surface area contributed by atoms with Crippen molar-refractivity contribution in [1.82, 2.24) is 25.3 Å². The normalized spacial score (nSPS) is 12.6. The topological polar surface area (TPSA) is 85.8 Å². The standard InChI is InChI=1S/C14H21N5O2/c1-9(2)13-17-18-14(21-13)10(3)16-12(20)6-5-11-7-8-15-19(11)4/h7-10H,5-6H2,1-4H3,(H,16,20)/t10-/m0/s1. The summed E-state index contributed by atoms with van der Waals surface area (Å²) < 4.78 is 7.29. The van der Waals surface area contributed by atoms with Gasteiger partial charge in [-0.05, 0) is 19.4 Å². The van der Waals surface area contributed by atoms with Crippen LogP contribution < -0.4 is 5.32 Å². The lowest BCUT2D eigenvalue weighted by atomic mass is 10.2. The Balaban J connectivity index is 1.85. The number of hydrogen-bond acceptors (Lipinski definition) is 5. The monoisotopic (exact) mass is 291 g/mol. The van der Waals surface area contributed by atoms with Gasteiger partial charge in [-0.3, -0.25) is 9.48 Å². The van der Waals surface area contributed by atoms with E-state index in [2.05, 4.69) is 20.6 Å². The summed E-state index contributed by atoms with van der Waals surface area (Å²) in [7, 11) is 1.86. The van der Waals surface area contributed by atoms with Gasteiger partial charge in [-0.1, -0.05) is 13.8 Å². The van der Waals surface area contributed by atoms with Crippen molar-refractivity contribution in [2.75, 3.05) is 0 Å². The summed E-state index contributed by atoms with van der Waals surface area (Å²) in [5.74, 6) is 1.15. The number of aromatic nitrogens is 4. The molecule has 0 aliphatic rings. The molecule has 2 aromatic rings. The lowest BCUT2D eigenvalue weighted by molar-refractivity contribution is -0.121. The Morgan fingerprint density at radius 1 is 1.33 bits per heavy atom. The van der Waals surface area contributed by atoms with Crippen molar-refractivity contribution >= 4 is 5.91 Å². The minimum absolute atomic E-state index is 0.0482. The van der Waals surface area contributed by atoms with Gasteiger partial charge in [0.15, 0.2) is 0 Å². The predicted molar refractivity (Wildman–Crippen MR) is 76.5 cm³/mol. The van der Waals surface area contributed by atoms with Crippen molar-refractivity contribution in [3.63, 3.8) is 0 Å². The summed E-state index contributed by atoms with van der Waals surface area (Å²) in [4.78, 5) is 11.9. The molecule has 0 aliphatic carbocycles. The van der Waals surface area contributed by atoms with Gasteiger partial charge in [0.2, 0.25) is 17.7 Å². The first-order valence-corrected chi connectivity index (χ1v) is 7.07. The minimum Gasteiger partial charge on any atom is -0.423 e. The molecule has 0 bridgehead atoms. The molecule has 0 aliphatic heterocycles. The first-order valence-electron chi connectivity index (χ1n) is 7.07. The highest BCUT2D eigenvalue weighted by atomic mass is 16.4. The number of nitrogens with one attached hydrogen (secondary N) is 1. The van der Waals surface area contributed by atoms with Gasteiger partial charge in [0.05, 0.1) is 0 Å². The molecule has 7 nitrogen and oxygen atoms in total. The van der Waals surface area contributed by atoms with Gasteiger partial charge in [-0.15, -0.1) is 10.2 Å². The molecule has 1 N–H and O–H groups in total. The van der Waals surface area contributed by atoms with Gasteiger partial charge in [0.1, 0.15) is 6.04 Å². The van der Waals surface area contributed by atoms with Crippen LogP contribution >= 0.6 is 0 Å². The molecular weight excluding hydrogens is 270 g/mol. The second-order valence-electron chi connectivity index (χ2n) is 5.37. The smallest absolute Gasteiger partial charge is 0.238 e. The van der Waals surface area contributed by atoms with Crippen molar-refractivity contribution in [3.8, 4) is 0 Å². The fourth-order valence-electron chi connectivity index (χ4n) is 1.92. The number of rotatable bonds is 6. The molecule has 2 rings (SSSR count). The first kappa shape index (κ1) is 15.2. The summed E-state index contributed by atoms with van der Waals surface area (Å²) in [6.45, 7) is 5.79. The Morgan fingerprint density at radius 3 is 2.62 bits per heavy atom. The molecule has 0 spiro atoms. The van der Waals surface area contributed by atoms with Gasteiger partial charge in [0.25, 0.3) is 0 Å². The summed E-state index contributed by atoms with van der Waals surface area (Å²) in [5, 5.41) is 14.9. The van der Waals surface area contributed by atoms with Crippen LogP contribution in [-0.2, 0) is 18.3 Å². The van der Waals surface area contributed by atoms with E-state index >= 15 is 0 Å². The van der Waals surface area contributed by atoms with Gasteiger partial charge in [-0.2, -0.15) is 5.10 Å². The second kappa shape index (κ2) is 6.51. The van der Waals surface area contributed by atoms with Gasteiger partial charge < -0.3 is 9.73 Å². The number of carbonyl (C=O) groups is 1. The van der Waals surface area contributed by atoms with Gasteiger partial charge in [-0.25, -0.2) is 0 Å². The van der Waals surface area contributed by atoms with E-state index in [0.29, 0.717) is 24.6 Å². The Kier molecular flexibility index (Phi) is 4.72. The molecule has 1 atom stereocenters. The second-order valence-corrected chi connectivity index (χ2v) is 5.37. The Bertz CT molecular complexity index is 602. The van der Waals surface area contributed by atoms with Crippen molar-refractivity contribution in [2.45, 2.75) is 45.6 Å². The van der Waals surface area contributed by atoms with Crippen molar-refractivity contribution in [3.05, 3.63) is 29.7 Å². The SMILES string of the molecule is CC(C)c1nnc([C@H](C)NC(=O)CCc2ccnn2C)o1. The maximum absolute atomic E-state index is 11.9. The van der Waals surface area contributed by atoms with Gasteiger partial charge in [0, 0.05) is 31.3 Å². The highest BCUT2D eigenvalue weighted by molar-refractivity contribution is 5.76. The van der Waals surface area contributed by atoms with Crippen molar-refractivity contribution < 1.29 is 9.21 Å². The largest absolute Gasteiger partial charge is 0.423 e. The van der Waals surface area contributed by atoms with Crippen LogP contribution in [-0.4, -0.2) is 25.9 Å². The average Bonchev–Trinajstić information content (AvgIpc) is 3.05. The average molecular weight is 291 g/mol. The van der Waals surface area contributed by atoms with E-state index in [4.69, 9.17) is 4.42 Å². The maximum atomic E-state index is 11.9. The molecule has 7 heteroatoms. The van der Waals surface area contributed by atoms with Crippen LogP contribution in [0.3, 0.4) is 0 Å². The number of amides is 1. The number of carbonyl (C=O) groups excluding carboxylic acids is 1. The highest BCUT2D eigenvalue weighted by Crippen LogP contribution is 2.16. The first-order chi connectivity index (χ1) is 9.97. The number of nitrogens with zero attached hydrogens (tertiary/aromatic N) is 4. The van der Waals surface area contributed by atoms with Crippen LogP contribution in [0.15, 0.2) is 16.7 Å². The Labute approximate surface area is 123 Å². The zero-order chi connectivity index (χ0) is 15.4. The summed E-state index contributed by atoms with van der Waals surface area (Å²) in [6, 6.07) is 1.62. The Hall–Kier alpha value is -2.18. The molecule has 0 radical (unpaired) electrons. The molecule has 2 heterocycles. The van der Waals surface area contributed by atoms with Gasteiger partial charge >= 0.3 is 0 Å². The van der Waals surface area contributed by atoms with Crippen LogP contribution in [0.25, 0.3) is 0 Å². The van der Waals surface area contributed by atoms with Crippen LogP contribution in [0.1, 0.15) is 56.6 Å². The van der Waals surface area contributed by atoms with Crippen LogP contribution in [0.4, 0.5) is 0 Å². The summed E-state index contributed by atoms with van der Waals surface area (Å²) in [6.07, 6.45) is 2.77.